The zero-order chi connectivity index (χ0) is 18.4. The molecule has 0 radical (unpaired) electrons. The second-order valence-corrected chi connectivity index (χ2v) is 6.26. The van der Waals surface area contributed by atoms with E-state index in [4.69, 9.17) is 9.72 Å². The van der Waals surface area contributed by atoms with Crippen LogP contribution in [0.2, 0.25) is 0 Å². The fourth-order valence-corrected chi connectivity index (χ4v) is 3.20. The van der Waals surface area contributed by atoms with Gasteiger partial charge < -0.3 is 4.74 Å². The minimum absolute atomic E-state index is 0.356. The van der Waals surface area contributed by atoms with Crippen LogP contribution in [-0.4, -0.2) is 25.4 Å². The van der Waals surface area contributed by atoms with Crippen LogP contribution in [0.15, 0.2) is 54.9 Å². The lowest BCUT2D eigenvalue weighted by Gasteiger charge is -2.12. The summed E-state index contributed by atoms with van der Waals surface area (Å²) in [6, 6.07) is 11.7. The number of aromatic nitrogens is 5. The van der Waals surface area contributed by atoms with E-state index in [2.05, 4.69) is 20.4 Å². The highest BCUT2D eigenvalue weighted by atomic mass is 19.1. The number of fused-ring (bicyclic) bond motifs is 3. The van der Waals surface area contributed by atoms with Gasteiger partial charge in [-0.1, -0.05) is 6.07 Å². The fraction of sp³-hybridized carbons (Fsp3) is 0.0500. The van der Waals surface area contributed by atoms with Gasteiger partial charge in [-0.05, 0) is 31.2 Å². The quantitative estimate of drug-likeness (QED) is 0.488. The third kappa shape index (κ3) is 2.60. The number of hydrogen-bond donors (Lipinski definition) is 2. The Morgan fingerprint density at radius 2 is 1.89 bits per heavy atom. The molecule has 0 unspecified atom stereocenters. The van der Waals surface area contributed by atoms with E-state index in [0.29, 0.717) is 11.5 Å². The predicted octanol–water partition coefficient (Wildman–Crippen LogP) is 4.74. The van der Waals surface area contributed by atoms with Gasteiger partial charge in [-0.25, -0.2) is 9.37 Å². The molecule has 27 heavy (non-hydrogen) atoms. The van der Waals surface area contributed by atoms with Gasteiger partial charge in [0, 0.05) is 28.8 Å². The Labute approximate surface area is 153 Å². The number of halogens is 1. The summed E-state index contributed by atoms with van der Waals surface area (Å²) in [6.45, 7) is 1.93. The molecule has 5 rings (SSSR count). The zero-order valence-corrected chi connectivity index (χ0v) is 14.3. The number of nitrogens with one attached hydrogen (secondary N) is 2. The highest BCUT2D eigenvalue weighted by molar-refractivity contribution is 6.08. The first kappa shape index (κ1) is 15.5. The molecular weight excluding hydrogens is 345 g/mol. The number of aryl methyl sites for hydroxylation is 1. The van der Waals surface area contributed by atoms with Crippen molar-refractivity contribution in [3.8, 4) is 22.8 Å². The van der Waals surface area contributed by atoms with E-state index in [9.17, 15) is 4.39 Å². The summed E-state index contributed by atoms with van der Waals surface area (Å²) in [6.07, 6.45) is 3.46. The SMILES string of the molecule is Cc1[nH]ncc1-c1cc(Oc2cccc(F)c2)c2c(ccc3[nH]ncc32)n1. The smallest absolute Gasteiger partial charge is 0.139 e. The van der Waals surface area contributed by atoms with Crippen LogP contribution in [0.5, 0.6) is 11.5 Å². The Hall–Kier alpha value is -3.74. The summed E-state index contributed by atoms with van der Waals surface area (Å²) in [7, 11) is 0. The largest absolute Gasteiger partial charge is 0.456 e. The Morgan fingerprint density at radius 3 is 2.70 bits per heavy atom. The monoisotopic (exact) mass is 359 g/mol. The third-order valence-electron chi connectivity index (χ3n) is 4.49. The Kier molecular flexibility index (Phi) is 3.39. The molecule has 6 nitrogen and oxygen atoms in total. The molecule has 0 spiro atoms. The molecule has 0 saturated carbocycles. The molecule has 3 aromatic heterocycles. The fourth-order valence-electron chi connectivity index (χ4n) is 3.20. The average molecular weight is 359 g/mol. The molecule has 2 N–H and O–H groups in total. The van der Waals surface area contributed by atoms with Gasteiger partial charge in [0.15, 0.2) is 0 Å². The number of pyridine rings is 1. The van der Waals surface area contributed by atoms with Crippen molar-refractivity contribution in [1.82, 2.24) is 25.4 Å². The number of H-pyrrole nitrogens is 2. The molecule has 2 aromatic carbocycles. The lowest BCUT2D eigenvalue weighted by Crippen LogP contribution is -1.93. The highest BCUT2D eigenvalue weighted by Gasteiger charge is 2.15. The van der Waals surface area contributed by atoms with Crippen molar-refractivity contribution in [2.75, 3.05) is 0 Å². The number of rotatable bonds is 3. The summed E-state index contributed by atoms with van der Waals surface area (Å²) >= 11 is 0. The second kappa shape index (κ2) is 5.91. The molecule has 0 saturated heterocycles. The molecule has 0 bridgehead atoms. The van der Waals surface area contributed by atoms with Gasteiger partial charge in [0.2, 0.25) is 0 Å². The van der Waals surface area contributed by atoms with Crippen LogP contribution in [0.3, 0.4) is 0 Å². The molecule has 0 aliphatic rings. The molecule has 0 fully saturated rings. The van der Waals surface area contributed by atoms with E-state index >= 15 is 0 Å². The van der Waals surface area contributed by atoms with E-state index in [-0.39, 0.29) is 5.82 Å². The summed E-state index contributed by atoms with van der Waals surface area (Å²) in [5.74, 6) is 0.635. The maximum atomic E-state index is 13.6. The lowest BCUT2D eigenvalue weighted by atomic mass is 10.1. The van der Waals surface area contributed by atoms with Crippen molar-refractivity contribution < 1.29 is 9.13 Å². The van der Waals surface area contributed by atoms with Gasteiger partial charge in [-0.2, -0.15) is 10.2 Å². The molecule has 5 aromatic rings. The van der Waals surface area contributed by atoms with E-state index in [1.165, 1.54) is 12.1 Å². The number of ether oxygens (including phenoxy) is 1. The van der Waals surface area contributed by atoms with E-state index < -0.39 is 0 Å². The van der Waals surface area contributed by atoms with Crippen LogP contribution < -0.4 is 4.74 Å². The molecule has 0 aliphatic carbocycles. The average Bonchev–Trinajstić information content (AvgIpc) is 3.30. The predicted molar refractivity (Wildman–Crippen MR) is 100 cm³/mol. The summed E-state index contributed by atoms with van der Waals surface area (Å²) < 4.78 is 19.7. The summed E-state index contributed by atoms with van der Waals surface area (Å²) in [4.78, 5) is 4.77. The van der Waals surface area contributed by atoms with Crippen LogP contribution in [0, 0.1) is 12.7 Å². The molecule has 3 heterocycles. The van der Waals surface area contributed by atoms with E-state index in [1.807, 2.05) is 25.1 Å². The summed E-state index contributed by atoms with van der Waals surface area (Å²) in [5.41, 5.74) is 4.15. The first-order valence-electron chi connectivity index (χ1n) is 8.39. The normalized spacial score (nSPS) is 11.3. The van der Waals surface area contributed by atoms with Crippen LogP contribution in [0.4, 0.5) is 4.39 Å². The Bertz CT molecular complexity index is 1290. The molecule has 7 heteroatoms. The number of hydrogen-bond acceptors (Lipinski definition) is 4. The van der Waals surface area contributed by atoms with Gasteiger partial charge in [0.25, 0.3) is 0 Å². The molecule has 0 amide bonds. The van der Waals surface area contributed by atoms with Crippen molar-refractivity contribution in [2.24, 2.45) is 0 Å². The minimum Gasteiger partial charge on any atom is -0.456 e. The van der Waals surface area contributed by atoms with Gasteiger partial charge >= 0.3 is 0 Å². The highest BCUT2D eigenvalue weighted by Crippen LogP contribution is 2.37. The van der Waals surface area contributed by atoms with E-state index in [0.717, 1.165) is 38.8 Å². The van der Waals surface area contributed by atoms with Gasteiger partial charge in [-0.15, -0.1) is 0 Å². The number of nitrogens with zero attached hydrogens (tertiary/aromatic N) is 3. The first-order chi connectivity index (χ1) is 13.2. The number of benzene rings is 2. The van der Waals surface area contributed by atoms with Crippen molar-refractivity contribution in [3.63, 3.8) is 0 Å². The van der Waals surface area contributed by atoms with Gasteiger partial charge in [0.1, 0.15) is 17.3 Å². The molecule has 132 valence electrons. The Balaban J connectivity index is 1.78. The van der Waals surface area contributed by atoms with Crippen molar-refractivity contribution >= 4 is 21.8 Å². The second-order valence-electron chi connectivity index (χ2n) is 6.26. The minimum atomic E-state index is -0.356. The first-order valence-corrected chi connectivity index (χ1v) is 8.39. The third-order valence-corrected chi connectivity index (χ3v) is 4.49. The summed E-state index contributed by atoms with van der Waals surface area (Å²) in [5, 5.41) is 15.8. The van der Waals surface area contributed by atoms with Crippen LogP contribution in [-0.2, 0) is 0 Å². The van der Waals surface area contributed by atoms with Gasteiger partial charge in [-0.3, -0.25) is 10.2 Å². The van der Waals surface area contributed by atoms with Gasteiger partial charge in [0.05, 0.1) is 34.5 Å². The maximum absolute atomic E-state index is 13.6. The maximum Gasteiger partial charge on any atom is 0.139 e. The van der Waals surface area contributed by atoms with Crippen LogP contribution >= 0.6 is 0 Å². The van der Waals surface area contributed by atoms with Crippen LogP contribution in [0.25, 0.3) is 33.1 Å². The van der Waals surface area contributed by atoms with Crippen molar-refractivity contribution in [3.05, 3.63) is 66.4 Å². The molecular formula is C20H14FN5O. The van der Waals surface area contributed by atoms with Crippen molar-refractivity contribution in [1.29, 1.82) is 0 Å². The number of aromatic amines is 2. The topological polar surface area (TPSA) is 79.5 Å². The molecule has 0 aliphatic heterocycles. The van der Waals surface area contributed by atoms with E-state index in [1.54, 1.807) is 24.5 Å². The zero-order valence-electron chi connectivity index (χ0n) is 14.3. The van der Waals surface area contributed by atoms with Crippen LogP contribution in [0.1, 0.15) is 5.69 Å². The van der Waals surface area contributed by atoms with Crippen molar-refractivity contribution in [2.45, 2.75) is 6.92 Å². The lowest BCUT2D eigenvalue weighted by molar-refractivity contribution is 0.482. The molecule has 0 atom stereocenters. The standard InChI is InChI=1S/C20H14FN5O/c1-11-14(9-22-25-11)18-8-19(27-13-4-2-3-12(21)7-13)20-15-10-23-26-16(15)5-6-17(20)24-18/h2-10H,1H3,(H,22,25)(H,23,26). The Morgan fingerprint density at radius 1 is 1.00 bits per heavy atom.